The Labute approximate surface area is 219 Å². The molecule has 3 aromatic rings. The van der Waals surface area contributed by atoms with E-state index in [4.69, 9.17) is 9.47 Å². The van der Waals surface area contributed by atoms with E-state index in [1.807, 2.05) is 91.9 Å². The summed E-state index contributed by atoms with van der Waals surface area (Å²) in [5.41, 5.74) is 3.71. The van der Waals surface area contributed by atoms with Crippen LogP contribution in [-0.4, -0.2) is 48.1 Å². The predicted molar refractivity (Wildman–Crippen MR) is 146 cm³/mol. The van der Waals surface area contributed by atoms with Gasteiger partial charge in [0.05, 0.1) is 13.2 Å². The first kappa shape index (κ1) is 28.1. The highest BCUT2D eigenvalue weighted by Crippen LogP contribution is 2.21. The number of benzene rings is 3. The number of ether oxygens (including phenoxy) is 2. The van der Waals surface area contributed by atoms with Crippen molar-refractivity contribution >= 4 is 11.5 Å². The molecule has 0 saturated heterocycles. The Bertz CT molecular complexity index is 1120. The summed E-state index contributed by atoms with van der Waals surface area (Å²) in [6.07, 6.45) is 0.991. The Balaban J connectivity index is 1.65. The SMILES string of the molecule is COC(=O)C=C(C)c1ccc(CC(C)N[C@H](CC(O)c2ccccc2)[C@@H](O)COc2ccccc2)cc1. The van der Waals surface area contributed by atoms with Crippen molar-refractivity contribution in [2.45, 2.75) is 51.0 Å². The van der Waals surface area contributed by atoms with Gasteiger partial charge >= 0.3 is 5.97 Å². The fourth-order valence-corrected chi connectivity index (χ4v) is 4.20. The first-order chi connectivity index (χ1) is 17.9. The highest BCUT2D eigenvalue weighted by molar-refractivity contribution is 5.90. The van der Waals surface area contributed by atoms with Crippen LogP contribution in [0.25, 0.3) is 5.57 Å². The van der Waals surface area contributed by atoms with Gasteiger partial charge in [-0.3, -0.25) is 0 Å². The fourth-order valence-electron chi connectivity index (χ4n) is 4.20. The smallest absolute Gasteiger partial charge is 0.330 e. The van der Waals surface area contributed by atoms with Crippen molar-refractivity contribution in [3.8, 4) is 5.75 Å². The molecule has 0 aliphatic carbocycles. The second kappa shape index (κ2) is 14.3. The summed E-state index contributed by atoms with van der Waals surface area (Å²) in [6, 6.07) is 26.5. The normalized spacial score (nSPS) is 14.9. The number of hydrogen-bond acceptors (Lipinski definition) is 6. The molecule has 0 aliphatic heterocycles. The average Bonchev–Trinajstić information content (AvgIpc) is 2.92. The van der Waals surface area contributed by atoms with E-state index in [1.54, 1.807) is 0 Å². The van der Waals surface area contributed by atoms with Crippen LogP contribution in [0.3, 0.4) is 0 Å². The van der Waals surface area contributed by atoms with Crippen LogP contribution in [0.4, 0.5) is 0 Å². The van der Waals surface area contributed by atoms with Crippen LogP contribution in [0.2, 0.25) is 0 Å². The maximum Gasteiger partial charge on any atom is 0.330 e. The molecule has 0 heterocycles. The minimum atomic E-state index is -0.825. The molecule has 0 radical (unpaired) electrons. The van der Waals surface area contributed by atoms with E-state index in [1.165, 1.54) is 13.2 Å². The Morgan fingerprint density at radius 1 is 0.946 bits per heavy atom. The molecule has 0 aromatic heterocycles. The quantitative estimate of drug-likeness (QED) is 0.231. The molecule has 0 aliphatic rings. The Morgan fingerprint density at radius 2 is 1.57 bits per heavy atom. The lowest BCUT2D eigenvalue weighted by Gasteiger charge is -2.29. The summed E-state index contributed by atoms with van der Waals surface area (Å²) in [4.78, 5) is 11.5. The van der Waals surface area contributed by atoms with Crippen molar-refractivity contribution < 1.29 is 24.5 Å². The zero-order valence-corrected chi connectivity index (χ0v) is 21.7. The molecule has 3 N–H and O–H groups in total. The number of nitrogens with one attached hydrogen (secondary N) is 1. The Hall–Kier alpha value is -3.45. The van der Waals surface area contributed by atoms with Crippen molar-refractivity contribution in [3.05, 3.63) is 108 Å². The molecular weight excluding hydrogens is 466 g/mol. The highest BCUT2D eigenvalue weighted by atomic mass is 16.5. The van der Waals surface area contributed by atoms with E-state index in [0.29, 0.717) is 12.2 Å². The molecule has 6 heteroatoms. The molecule has 0 saturated carbocycles. The van der Waals surface area contributed by atoms with Crippen molar-refractivity contribution in [3.63, 3.8) is 0 Å². The summed E-state index contributed by atoms with van der Waals surface area (Å²) in [7, 11) is 1.36. The van der Waals surface area contributed by atoms with Crippen LogP contribution < -0.4 is 10.1 Å². The second-order valence-electron chi connectivity index (χ2n) is 9.28. The van der Waals surface area contributed by atoms with Crippen LogP contribution in [0.5, 0.6) is 5.75 Å². The minimum absolute atomic E-state index is 0.0249. The van der Waals surface area contributed by atoms with Gasteiger partial charge < -0.3 is 25.0 Å². The highest BCUT2D eigenvalue weighted by Gasteiger charge is 2.25. The van der Waals surface area contributed by atoms with Gasteiger partial charge in [-0.25, -0.2) is 4.79 Å². The molecule has 0 bridgehead atoms. The number of hydrogen-bond donors (Lipinski definition) is 3. The number of aliphatic hydroxyl groups is 2. The molecule has 4 atom stereocenters. The molecule has 196 valence electrons. The topological polar surface area (TPSA) is 88.0 Å². The first-order valence-electron chi connectivity index (χ1n) is 12.6. The Morgan fingerprint density at radius 3 is 2.19 bits per heavy atom. The summed E-state index contributed by atoms with van der Waals surface area (Å²) in [6.45, 7) is 4.04. The van der Waals surface area contributed by atoms with Crippen molar-refractivity contribution in [2.75, 3.05) is 13.7 Å². The van der Waals surface area contributed by atoms with E-state index < -0.39 is 18.2 Å². The van der Waals surface area contributed by atoms with Crippen molar-refractivity contribution in [1.82, 2.24) is 5.32 Å². The standard InChI is InChI=1S/C31H37NO5/c1-22(18-31(35)36-3)25-16-14-24(15-17-25)19-23(2)32-28(20-29(33)26-10-6-4-7-11-26)30(34)21-37-27-12-8-5-9-13-27/h4-18,23,28-30,32-34H,19-21H2,1-3H3/t23?,28-,29?,30+/m1/s1. The van der Waals surface area contributed by atoms with Gasteiger partial charge in [-0.15, -0.1) is 0 Å². The third-order valence-electron chi connectivity index (χ3n) is 6.28. The van der Waals surface area contributed by atoms with Crippen molar-refractivity contribution in [2.24, 2.45) is 0 Å². The van der Waals surface area contributed by atoms with Gasteiger partial charge in [0.1, 0.15) is 18.5 Å². The molecular formula is C31H37NO5. The number of carbonyl (C=O) groups is 1. The largest absolute Gasteiger partial charge is 0.491 e. The number of allylic oxidation sites excluding steroid dienone is 1. The van der Waals surface area contributed by atoms with E-state index in [9.17, 15) is 15.0 Å². The van der Waals surface area contributed by atoms with Crippen molar-refractivity contribution in [1.29, 1.82) is 0 Å². The van der Waals surface area contributed by atoms with Gasteiger partial charge in [-0.2, -0.15) is 0 Å². The molecule has 0 spiro atoms. The summed E-state index contributed by atoms with van der Waals surface area (Å²) in [5, 5.41) is 25.4. The van der Waals surface area contributed by atoms with Crippen LogP contribution >= 0.6 is 0 Å². The number of carbonyl (C=O) groups excluding carboxylic acids is 1. The van der Waals surface area contributed by atoms with E-state index in [0.717, 1.165) is 28.7 Å². The fraction of sp³-hybridized carbons (Fsp3) is 0.323. The van der Waals surface area contributed by atoms with E-state index in [2.05, 4.69) is 12.2 Å². The number of methoxy groups -OCH3 is 1. The Kier molecular flexibility index (Phi) is 10.9. The molecule has 37 heavy (non-hydrogen) atoms. The molecule has 0 fully saturated rings. The van der Waals surface area contributed by atoms with Crippen LogP contribution in [0, 0.1) is 0 Å². The van der Waals surface area contributed by atoms with Gasteiger partial charge in [-0.1, -0.05) is 72.8 Å². The van der Waals surface area contributed by atoms with Gasteiger partial charge in [0.15, 0.2) is 0 Å². The van der Waals surface area contributed by atoms with Crippen LogP contribution in [0.1, 0.15) is 43.1 Å². The van der Waals surface area contributed by atoms with Crippen LogP contribution in [-0.2, 0) is 16.0 Å². The summed E-state index contributed by atoms with van der Waals surface area (Å²) < 4.78 is 10.5. The zero-order valence-electron chi connectivity index (χ0n) is 21.7. The van der Waals surface area contributed by atoms with E-state index in [-0.39, 0.29) is 18.6 Å². The molecule has 3 aromatic carbocycles. The first-order valence-corrected chi connectivity index (χ1v) is 12.6. The molecule has 2 unspecified atom stereocenters. The predicted octanol–water partition coefficient (Wildman–Crippen LogP) is 4.72. The van der Waals surface area contributed by atoms with E-state index >= 15 is 0 Å². The lowest BCUT2D eigenvalue weighted by molar-refractivity contribution is -0.134. The van der Waals surface area contributed by atoms with Gasteiger partial charge in [-0.05, 0) is 61.1 Å². The summed E-state index contributed by atoms with van der Waals surface area (Å²) >= 11 is 0. The number of rotatable bonds is 13. The van der Waals surface area contributed by atoms with Crippen LogP contribution in [0.15, 0.2) is 91.0 Å². The summed E-state index contributed by atoms with van der Waals surface area (Å²) in [5.74, 6) is 0.312. The molecule has 3 rings (SSSR count). The number of aliphatic hydroxyl groups excluding tert-OH is 2. The van der Waals surface area contributed by atoms with Gasteiger partial charge in [0.25, 0.3) is 0 Å². The third kappa shape index (κ3) is 9.17. The maximum atomic E-state index is 11.5. The van der Waals surface area contributed by atoms with Gasteiger partial charge in [0, 0.05) is 18.2 Å². The third-order valence-corrected chi connectivity index (χ3v) is 6.28. The average molecular weight is 504 g/mol. The lowest BCUT2D eigenvalue weighted by Crippen LogP contribution is -2.48. The lowest BCUT2D eigenvalue weighted by atomic mass is 9.96. The molecule has 6 nitrogen and oxygen atoms in total. The monoisotopic (exact) mass is 503 g/mol. The number of para-hydroxylation sites is 1. The number of esters is 1. The second-order valence-corrected chi connectivity index (χ2v) is 9.28. The minimum Gasteiger partial charge on any atom is -0.491 e. The molecule has 0 amide bonds. The van der Waals surface area contributed by atoms with Gasteiger partial charge in [0.2, 0.25) is 0 Å². The zero-order chi connectivity index (χ0) is 26.6. The maximum absolute atomic E-state index is 11.5.